The summed E-state index contributed by atoms with van der Waals surface area (Å²) in [4.78, 5) is 2.49. The number of aryl methyl sites for hydroxylation is 1. The summed E-state index contributed by atoms with van der Waals surface area (Å²) in [6, 6.07) is 5.70. The lowest BCUT2D eigenvalue weighted by Gasteiger charge is -2.28. The van der Waals surface area contributed by atoms with E-state index in [4.69, 9.17) is 0 Å². The molecule has 1 fully saturated rings. The van der Waals surface area contributed by atoms with Crippen LogP contribution in [0.2, 0.25) is 0 Å². The molecule has 0 aromatic heterocycles. The Balaban J connectivity index is 0.00000180. The molecule has 19 heavy (non-hydrogen) atoms. The summed E-state index contributed by atoms with van der Waals surface area (Å²) in [5.74, 6) is -0.128. The molecule has 2 nitrogen and oxygen atoms in total. The largest absolute Gasteiger partial charge is 0.315 e. The van der Waals surface area contributed by atoms with Crippen LogP contribution in [0.4, 0.5) is 4.39 Å². The van der Waals surface area contributed by atoms with Crippen molar-refractivity contribution in [2.75, 3.05) is 19.6 Å². The van der Waals surface area contributed by atoms with Crippen LogP contribution in [-0.4, -0.2) is 30.6 Å². The van der Waals surface area contributed by atoms with Crippen molar-refractivity contribution in [1.82, 2.24) is 10.2 Å². The highest BCUT2D eigenvalue weighted by molar-refractivity contribution is 5.85. The zero-order valence-corrected chi connectivity index (χ0v) is 12.6. The highest BCUT2D eigenvalue weighted by Crippen LogP contribution is 2.17. The Labute approximate surface area is 121 Å². The average Bonchev–Trinajstić information content (AvgIpc) is 2.87. The summed E-state index contributed by atoms with van der Waals surface area (Å²) in [7, 11) is 0. The lowest BCUT2D eigenvalue weighted by molar-refractivity contribution is 0.199. The van der Waals surface area contributed by atoms with Gasteiger partial charge in [0.15, 0.2) is 0 Å². The summed E-state index contributed by atoms with van der Waals surface area (Å²) in [6.45, 7) is 8.38. The fourth-order valence-electron chi connectivity index (χ4n) is 2.66. The maximum Gasteiger partial charge on any atom is 0.123 e. The fraction of sp³-hybridized carbons (Fsp3) is 0.600. The molecule has 1 atom stereocenters. The molecule has 1 unspecified atom stereocenters. The van der Waals surface area contributed by atoms with Crippen LogP contribution in [0.25, 0.3) is 0 Å². The lowest BCUT2D eigenvalue weighted by atomic mass is 10.1. The molecule has 0 amide bonds. The third-order valence-electron chi connectivity index (χ3n) is 3.75. The Bertz CT molecular complexity index is 392. The molecule has 1 heterocycles. The van der Waals surface area contributed by atoms with E-state index in [9.17, 15) is 4.39 Å². The SMILES string of the molecule is CCCN(Cc1cc(F)ccc1C)C1CCNC1.Cl. The molecular formula is C15H24ClFN2. The van der Waals surface area contributed by atoms with E-state index >= 15 is 0 Å². The van der Waals surface area contributed by atoms with Gasteiger partial charge in [0.05, 0.1) is 0 Å². The van der Waals surface area contributed by atoms with Gasteiger partial charge in [-0.1, -0.05) is 13.0 Å². The first-order valence-electron chi connectivity index (χ1n) is 6.90. The van der Waals surface area contributed by atoms with Gasteiger partial charge in [0.1, 0.15) is 5.82 Å². The Morgan fingerprint density at radius 1 is 1.42 bits per heavy atom. The molecule has 1 aliphatic heterocycles. The minimum absolute atomic E-state index is 0. The highest BCUT2D eigenvalue weighted by Gasteiger charge is 2.22. The molecule has 1 saturated heterocycles. The number of nitrogens with one attached hydrogen (secondary N) is 1. The molecule has 0 aliphatic carbocycles. The smallest absolute Gasteiger partial charge is 0.123 e. The summed E-state index contributed by atoms with van der Waals surface area (Å²) in [5, 5.41) is 3.41. The minimum Gasteiger partial charge on any atom is -0.315 e. The predicted octanol–water partition coefficient (Wildman–Crippen LogP) is 3.13. The third kappa shape index (κ3) is 4.44. The zero-order valence-electron chi connectivity index (χ0n) is 11.8. The Hall–Kier alpha value is -0.640. The van der Waals surface area contributed by atoms with E-state index in [1.165, 1.54) is 12.0 Å². The van der Waals surface area contributed by atoms with E-state index in [0.717, 1.165) is 38.2 Å². The van der Waals surface area contributed by atoms with Gasteiger partial charge in [0.25, 0.3) is 0 Å². The summed E-state index contributed by atoms with van der Waals surface area (Å²) < 4.78 is 13.3. The molecule has 0 radical (unpaired) electrons. The molecule has 0 spiro atoms. The number of halogens is 2. The van der Waals surface area contributed by atoms with Gasteiger partial charge in [-0.05, 0) is 56.1 Å². The van der Waals surface area contributed by atoms with Crippen LogP contribution < -0.4 is 5.32 Å². The van der Waals surface area contributed by atoms with Gasteiger partial charge in [-0.3, -0.25) is 4.90 Å². The van der Waals surface area contributed by atoms with Crippen molar-refractivity contribution in [3.05, 3.63) is 35.1 Å². The van der Waals surface area contributed by atoms with Crippen LogP contribution in [-0.2, 0) is 6.54 Å². The van der Waals surface area contributed by atoms with Crippen molar-refractivity contribution in [3.63, 3.8) is 0 Å². The van der Waals surface area contributed by atoms with Crippen LogP contribution in [0, 0.1) is 12.7 Å². The topological polar surface area (TPSA) is 15.3 Å². The monoisotopic (exact) mass is 286 g/mol. The van der Waals surface area contributed by atoms with Crippen molar-refractivity contribution >= 4 is 12.4 Å². The van der Waals surface area contributed by atoms with Gasteiger partial charge in [0.2, 0.25) is 0 Å². The highest BCUT2D eigenvalue weighted by atomic mass is 35.5. The van der Waals surface area contributed by atoms with Crippen LogP contribution in [0.3, 0.4) is 0 Å². The fourth-order valence-corrected chi connectivity index (χ4v) is 2.66. The van der Waals surface area contributed by atoms with Crippen LogP contribution in [0.15, 0.2) is 18.2 Å². The van der Waals surface area contributed by atoms with Gasteiger partial charge in [0, 0.05) is 19.1 Å². The molecule has 0 bridgehead atoms. The summed E-state index contributed by atoms with van der Waals surface area (Å²) in [5.41, 5.74) is 2.30. The van der Waals surface area contributed by atoms with Crippen molar-refractivity contribution in [2.24, 2.45) is 0 Å². The predicted molar refractivity (Wildman–Crippen MR) is 80.4 cm³/mol. The molecule has 1 aromatic carbocycles. The van der Waals surface area contributed by atoms with E-state index in [1.807, 2.05) is 6.07 Å². The van der Waals surface area contributed by atoms with Crippen molar-refractivity contribution in [3.8, 4) is 0 Å². The van der Waals surface area contributed by atoms with Gasteiger partial charge in [-0.15, -0.1) is 12.4 Å². The number of nitrogens with zero attached hydrogens (tertiary/aromatic N) is 1. The molecular weight excluding hydrogens is 263 g/mol. The number of hydrogen-bond donors (Lipinski definition) is 1. The molecule has 0 saturated carbocycles. The van der Waals surface area contributed by atoms with Crippen molar-refractivity contribution < 1.29 is 4.39 Å². The van der Waals surface area contributed by atoms with Crippen LogP contribution >= 0.6 is 12.4 Å². The van der Waals surface area contributed by atoms with Gasteiger partial charge < -0.3 is 5.32 Å². The van der Waals surface area contributed by atoms with Crippen LogP contribution in [0.5, 0.6) is 0 Å². The third-order valence-corrected chi connectivity index (χ3v) is 3.75. The maximum absolute atomic E-state index is 13.3. The maximum atomic E-state index is 13.3. The minimum atomic E-state index is -0.128. The van der Waals surface area contributed by atoms with E-state index in [0.29, 0.717) is 6.04 Å². The molecule has 1 aliphatic rings. The molecule has 1 N–H and O–H groups in total. The molecule has 4 heteroatoms. The Morgan fingerprint density at radius 2 is 2.21 bits per heavy atom. The van der Waals surface area contributed by atoms with E-state index in [1.54, 1.807) is 12.1 Å². The van der Waals surface area contributed by atoms with Gasteiger partial charge in [-0.2, -0.15) is 0 Å². The van der Waals surface area contributed by atoms with Crippen LogP contribution in [0.1, 0.15) is 30.9 Å². The second kappa shape index (κ2) is 7.83. The Morgan fingerprint density at radius 3 is 2.84 bits per heavy atom. The molecule has 1 aromatic rings. The van der Waals surface area contributed by atoms with E-state index < -0.39 is 0 Å². The Kier molecular flexibility index (Phi) is 6.76. The second-order valence-corrected chi connectivity index (χ2v) is 5.19. The molecule has 2 rings (SSSR count). The van der Waals surface area contributed by atoms with Gasteiger partial charge >= 0.3 is 0 Å². The number of benzene rings is 1. The number of hydrogen-bond acceptors (Lipinski definition) is 2. The lowest BCUT2D eigenvalue weighted by Crippen LogP contribution is -2.37. The average molecular weight is 287 g/mol. The first-order chi connectivity index (χ1) is 8.70. The quantitative estimate of drug-likeness (QED) is 0.895. The summed E-state index contributed by atoms with van der Waals surface area (Å²) >= 11 is 0. The first-order valence-corrected chi connectivity index (χ1v) is 6.90. The number of rotatable bonds is 5. The normalized spacial score (nSPS) is 18.6. The first kappa shape index (κ1) is 16.4. The van der Waals surface area contributed by atoms with Crippen molar-refractivity contribution in [2.45, 2.75) is 39.3 Å². The standard InChI is InChI=1S/C15H23FN2.ClH/c1-3-8-18(15-6-7-17-10-15)11-13-9-14(16)5-4-12(13)2;/h4-5,9,15,17H,3,6-8,10-11H2,1-2H3;1H. The van der Waals surface area contributed by atoms with E-state index in [2.05, 4.69) is 24.1 Å². The van der Waals surface area contributed by atoms with E-state index in [-0.39, 0.29) is 18.2 Å². The second-order valence-electron chi connectivity index (χ2n) is 5.19. The summed E-state index contributed by atoms with van der Waals surface area (Å²) in [6.07, 6.45) is 2.35. The van der Waals surface area contributed by atoms with Gasteiger partial charge in [-0.25, -0.2) is 4.39 Å². The van der Waals surface area contributed by atoms with Crippen molar-refractivity contribution in [1.29, 1.82) is 0 Å². The zero-order chi connectivity index (χ0) is 13.0. The molecule has 108 valence electrons.